The third-order valence-corrected chi connectivity index (χ3v) is 4.52. The first-order chi connectivity index (χ1) is 13.0. The fourth-order valence-corrected chi connectivity index (χ4v) is 3.08. The van der Waals surface area contributed by atoms with Crippen molar-refractivity contribution in [3.8, 4) is 0 Å². The van der Waals surface area contributed by atoms with Crippen LogP contribution in [0, 0.1) is 0 Å². The lowest BCUT2D eigenvalue weighted by atomic mass is 10.0. The van der Waals surface area contributed by atoms with Crippen LogP contribution >= 0.6 is 0 Å². The Balaban J connectivity index is 2.03. The summed E-state index contributed by atoms with van der Waals surface area (Å²) < 4.78 is 6.48. The van der Waals surface area contributed by atoms with E-state index in [9.17, 15) is 14.7 Å². The quantitative estimate of drug-likeness (QED) is 0.647. The van der Waals surface area contributed by atoms with Gasteiger partial charge in [0.05, 0.1) is 30.5 Å². The number of ether oxygens (including phenoxy) is 1. The molecule has 0 fully saturated rings. The molecule has 3 aromatic rings. The normalized spacial score (nSPS) is 13.1. The zero-order valence-corrected chi connectivity index (χ0v) is 15.1. The number of amides is 1. The van der Waals surface area contributed by atoms with Crippen LogP contribution in [0.3, 0.4) is 0 Å². The summed E-state index contributed by atoms with van der Waals surface area (Å²) in [4.78, 5) is 28.2. The van der Waals surface area contributed by atoms with E-state index in [4.69, 9.17) is 4.74 Å². The van der Waals surface area contributed by atoms with Crippen LogP contribution in [0.25, 0.3) is 11.0 Å². The Kier molecular flexibility index (Phi) is 5.52. The van der Waals surface area contributed by atoms with Gasteiger partial charge in [0.15, 0.2) is 6.10 Å². The highest BCUT2D eigenvalue weighted by atomic mass is 16.5. The molecule has 1 heterocycles. The Hall–Kier alpha value is -3.19. The smallest absolute Gasteiger partial charge is 0.336 e. The molecule has 2 aromatic carbocycles. The molecule has 0 bridgehead atoms. The van der Waals surface area contributed by atoms with Gasteiger partial charge < -0.3 is 19.7 Å². The second kappa shape index (κ2) is 8.01. The molecule has 3 rings (SSSR count). The Morgan fingerprint density at radius 2 is 1.96 bits per heavy atom. The van der Waals surface area contributed by atoms with Crippen molar-refractivity contribution in [2.24, 2.45) is 0 Å². The molecule has 0 radical (unpaired) electrons. The van der Waals surface area contributed by atoms with Gasteiger partial charge in [0.1, 0.15) is 0 Å². The lowest BCUT2D eigenvalue weighted by molar-refractivity contribution is -0.152. The lowest BCUT2D eigenvalue weighted by Crippen LogP contribution is -2.33. The number of esters is 1. The van der Waals surface area contributed by atoms with Gasteiger partial charge in [-0.05, 0) is 30.2 Å². The van der Waals surface area contributed by atoms with E-state index in [1.165, 1.54) is 7.11 Å². The van der Waals surface area contributed by atoms with Gasteiger partial charge in [-0.15, -0.1) is 0 Å². The van der Waals surface area contributed by atoms with Crippen LogP contribution in [0.4, 0.5) is 0 Å². The molecular weight excluding hydrogens is 346 g/mol. The van der Waals surface area contributed by atoms with Crippen molar-refractivity contribution in [2.75, 3.05) is 14.2 Å². The largest absolute Gasteiger partial charge is 0.467 e. The summed E-state index contributed by atoms with van der Waals surface area (Å²) in [5.74, 6) is -0.915. The van der Waals surface area contributed by atoms with Crippen LogP contribution in [-0.2, 0) is 16.0 Å². The zero-order chi connectivity index (χ0) is 19.4. The Labute approximate surface area is 156 Å². The van der Waals surface area contributed by atoms with Gasteiger partial charge >= 0.3 is 5.97 Å². The van der Waals surface area contributed by atoms with Crippen LogP contribution in [0.15, 0.2) is 54.9 Å². The van der Waals surface area contributed by atoms with Gasteiger partial charge in [-0.1, -0.05) is 30.3 Å². The number of carbonyl (C=O) groups is 2. The average molecular weight is 367 g/mol. The van der Waals surface area contributed by atoms with E-state index in [-0.39, 0.29) is 5.91 Å². The standard InChI is InChI=1S/C20H21N3O4/c1-21-19(25)14-8-9-16-15(11-14)22-12-23(16)17(18(24)20(26)27-2)10-13-6-4-3-5-7-13/h3-9,11-12,17-18,24H,10H2,1-2H3,(H,21,25)/t17-,18+/m1/s1. The number of carbonyl (C=O) groups excluding carboxylic acids is 2. The molecule has 7 nitrogen and oxygen atoms in total. The molecule has 0 saturated carbocycles. The number of hydrogen-bond donors (Lipinski definition) is 2. The van der Waals surface area contributed by atoms with Crippen molar-refractivity contribution in [1.82, 2.24) is 14.9 Å². The maximum absolute atomic E-state index is 12.0. The number of hydrogen-bond acceptors (Lipinski definition) is 5. The van der Waals surface area contributed by atoms with E-state index in [2.05, 4.69) is 10.3 Å². The Morgan fingerprint density at radius 3 is 2.63 bits per heavy atom. The van der Waals surface area contributed by atoms with Gasteiger partial charge in [-0.3, -0.25) is 4.79 Å². The van der Waals surface area contributed by atoms with E-state index in [1.54, 1.807) is 36.1 Å². The number of methoxy groups -OCH3 is 1. The summed E-state index contributed by atoms with van der Waals surface area (Å²) in [7, 11) is 2.81. The Morgan fingerprint density at radius 1 is 1.22 bits per heavy atom. The number of benzene rings is 2. The summed E-state index contributed by atoms with van der Waals surface area (Å²) >= 11 is 0. The third-order valence-electron chi connectivity index (χ3n) is 4.52. The van der Waals surface area contributed by atoms with Gasteiger partial charge in [-0.25, -0.2) is 9.78 Å². The molecule has 2 atom stereocenters. The maximum atomic E-state index is 12.0. The SMILES string of the molecule is CNC(=O)c1ccc2c(c1)ncn2[C@H](Cc1ccccc1)[C@H](O)C(=O)OC. The van der Waals surface area contributed by atoms with E-state index in [1.807, 2.05) is 30.3 Å². The summed E-state index contributed by atoms with van der Waals surface area (Å²) in [5, 5.41) is 13.1. The predicted octanol–water partition coefficient (Wildman–Crippen LogP) is 1.71. The van der Waals surface area contributed by atoms with Crippen molar-refractivity contribution >= 4 is 22.9 Å². The summed E-state index contributed by atoms with van der Waals surface area (Å²) in [6.07, 6.45) is 0.629. The number of imidazole rings is 1. The van der Waals surface area contributed by atoms with Crippen molar-refractivity contribution in [2.45, 2.75) is 18.6 Å². The highest BCUT2D eigenvalue weighted by Crippen LogP contribution is 2.25. The molecule has 0 aliphatic heterocycles. The molecule has 0 unspecified atom stereocenters. The minimum absolute atomic E-state index is 0.207. The monoisotopic (exact) mass is 367 g/mol. The maximum Gasteiger partial charge on any atom is 0.336 e. The van der Waals surface area contributed by atoms with Crippen LogP contribution in [-0.4, -0.2) is 46.8 Å². The molecule has 1 aromatic heterocycles. The van der Waals surface area contributed by atoms with Crippen molar-refractivity contribution in [3.05, 3.63) is 66.0 Å². The van der Waals surface area contributed by atoms with Crippen molar-refractivity contribution < 1.29 is 19.4 Å². The number of nitrogens with zero attached hydrogens (tertiary/aromatic N) is 2. The molecule has 0 spiro atoms. The first-order valence-corrected chi connectivity index (χ1v) is 8.53. The molecular formula is C20H21N3O4. The molecule has 7 heteroatoms. The van der Waals surface area contributed by atoms with Gasteiger partial charge in [0.2, 0.25) is 0 Å². The minimum atomic E-state index is -1.36. The first kappa shape index (κ1) is 18.6. The van der Waals surface area contributed by atoms with Crippen LogP contribution in [0.1, 0.15) is 22.0 Å². The third kappa shape index (κ3) is 3.83. The van der Waals surface area contributed by atoms with Gasteiger partial charge in [-0.2, -0.15) is 0 Å². The molecule has 140 valence electrons. The van der Waals surface area contributed by atoms with Crippen LogP contribution < -0.4 is 5.32 Å². The fourth-order valence-electron chi connectivity index (χ4n) is 3.08. The van der Waals surface area contributed by atoms with E-state index < -0.39 is 18.1 Å². The van der Waals surface area contributed by atoms with Crippen LogP contribution in [0.2, 0.25) is 0 Å². The second-order valence-corrected chi connectivity index (χ2v) is 6.16. The summed E-state index contributed by atoms with van der Waals surface area (Å²) in [6, 6.07) is 14.1. The Bertz CT molecular complexity index is 952. The molecule has 0 saturated heterocycles. The lowest BCUT2D eigenvalue weighted by Gasteiger charge is -2.23. The predicted molar refractivity (Wildman–Crippen MR) is 100 cm³/mol. The van der Waals surface area contributed by atoms with Gasteiger partial charge in [0, 0.05) is 12.6 Å². The van der Waals surface area contributed by atoms with E-state index >= 15 is 0 Å². The van der Waals surface area contributed by atoms with Crippen LogP contribution in [0.5, 0.6) is 0 Å². The van der Waals surface area contributed by atoms with E-state index in [0.29, 0.717) is 23.0 Å². The number of aromatic nitrogens is 2. The molecule has 0 aliphatic carbocycles. The summed E-state index contributed by atoms with van der Waals surface area (Å²) in [5.41, 5.74) is 2.77. The minimum Gasteiger partial charge on any atom is -0.467 e. The fraction of sp³-hybridized carbons (Fsp3) is 0.250. The number of aliphatic hydroxyl groups is 1. The number of rotatable bonds is 6. The molecule has 0 aliphatic rings. The number of nitrogens with one attached hydrogen (secondary N) is 1. The number of fused-ring (bicyclic) bond motifs is 1. The van der Waals surface area contributed by atoms with Crippen molar-refractivity contribution in [3.63, 3.8) is 0 Å². The van der Waals surface area contributed by atoms with Crippen molar-refractivity contribution in [1.29, 1.82) is 0 Å². The highest BCUT2D eigenvalue weighted by Gasteiger charge is 2.30. The van der Waals surface area contributed by atoms with E-state index in [0.717, 1.165) is 5.56 Å². The molecule has 2 N–H and O–H groups in total. The highest BCUT2D eigenvalue weighted by molar-refractivity contribution is 5.97. The second-order valence-electron chi connectivity index (χ2n) is 6.16. The molecule has 27 heavy (non-hydrogen) atoms. The average Bonchev–Trinajstić information content (AvgIpc) is 3.14. The topological polar surface area (TPSA) is 93.5 Å². The molecule has 1 amide bonds. The first-order valence-electron chi connectivity index (χ1n) is 8.53. The zero-order valence-electron chi connectivity index (χ0n) is 15.1. The van der Waals surface area contributed by atoms with Gasteiger partial charge in [0.25, 0.3) is 5.91 Å². The number of aliphatic hydroxyl groups excluding tert-OH is 1. The summed E-state index contributed by atoms with van der Waals surface area (Å²) in [6.45, 7) is 0.